The molecule has 1 atom stereocenters. The number of aliphatic carboxylic acids is 1. The van der Waals surface area contributed by atoms with Gasteiger partial charge in [0.25, 0.3) is 5.56 Å². The van der Waals surface area contributed by atoms with Crippen molar-refractivity contribution in [3.05, 3.63) is 81.5 Å². The Labute approximate surface area is 178 Å². The molecule has 1 N–H and O–H groups in total. The van der Waals surface area contributed by atoms with Crippen LogP contribution in [0.2, 0.25) is 5.02 Å². The highest BCUT2D eigenvalue weighted by molar-refractivity contribution is 6.31. The van der Waals surface area contributed by atoms with Crippen LogP contribution in [0.5, 0.6) is 5.75 Å². The molecular weight excluding hydrogens is 406 g/mol. The largest absolute Gasteiger partial charge is 0.495 e. The Morgan fingerprint density at radius 3 is 2.57 bits per heavy atom. The number of aromatic nitrogens is 2. The maximum Gasteiger partial charge on any atom is 0.327 e. The number of pyridine rings is 2. The van der Waals surface area contributed by atoms with Crippen LogP contribution in [0, 0.1) is 11.3 Å². The first-order valence-corrected chi connectivity index (χ1v) is 8.94. The fourth-order valence-electron chi connectivity index (χ4n) is 3.03. The predicted molar refractivity (Wildman–Crippen MR) is 114 cm³/mol. The zero-order valence-corrected chi connectivity index (χ0v) is 16.1. The smallest absolute Gasteiger partial charge is 0.327 e. The van der Waals surface area contributed by atoms with E-state index in [1.807, 2.05) is 0 Å². The van der Waals surface area contributed by atoms with E-state index in [-0.39, 0.29) is 19.6 Å². The van der Waals surface area contributed by atoms with Crippen molar-refractivity contribution in [1.82, 2.24) is 9.55 Å². The molecule has 1 aromatic carbocycles. The quantitative estimate of drug-likeness (QED) is 0.641. The maximum absolute atomic E-state index is 12.8. The average molecular weight is 426 g/mol. The van der Waals surface area contributed by atoms with Crippen molar-refractivity contribution < 1.29 is 14.6 Å². The topological polar surface area (TPSA) is 105 Å². The van der Waals surface area contributed by atoms with Gasteiger partial charge in [0.15, 0.2) is 0 Å². The molecule has 0 saturated heterocycles. The van der Waals surface area contributed by atoms with Crippen LogP contribution in [-0.2, 0) is 11.2 Å². The van der Waals surface area contributed by atoms with Gasteiger partial charge in [0.1, 0.15) is 11.8 Å². The molecule has 8 heteroatoms. The molecule has 0 saturated carbocycles. The number of methoxy groups -OCH3 is 1. The third-order valence-corrected chi connectivity index (χ3v) is 4.69. The van der Waals surface area contributed by atoms with E-state index in [1.54, 1.807) is 42.7 Å². The summed E-state index contributed by atoms with van der Waals surface area (Å²) in [4.78, 5) is 28.6. The molecule has 7 nitrogen and oxygen atoms in total. The number of rotatable bonds is 6. The molecule has 2 aromatic heterocycles. The Hall–Kier alpha value is -3.63. The van der Waals surface area contributed by atoms with E-state index in [4.69, 9.17) is 16.3 Å². The van der Waals surface area contributed by atoms with Crippen molar-refractivity contribution in [2.75, 3.05) is 7.11 Å². The monoisotopic (exact) mass is 425 g/mol. The van der Waals surface area contributed by atoms with E-state index in [9.17, 15) is 20.0 Å². The second kappa shape index (κ2) is 9.72. The van der Waals surface area contributed by atoms with Gasteiger partial charge in [0.05, 0.1) is 24.9 Å². The lowest BCUT2D eigenvalue weighted by atomic mass is 10.00. The molecule has 154 valence electrons. The van der Waals surface area contributed by atoms with Gasteiger partial charge in [0.2, 0.25) is 0 Å². The third kappa shape index (κ3) is 4.67. The number of hydrogen-bond acceptors (Lipinski definition) is 5. The van der Waals surface area contributed by atoms with Gasteiger partial charge >= 0.3 is 5.97 Å². The molecule has 3 aromatic rings. The summed E-state index contributed by atoms with van der Waals surface area (Å²) in [7, 11) is 1.41. The van der Waals surface area contributed by atoms with E-state index in [0.717, 1.165) is 10.1 Å². The van der Waals surface area contributed by atoms with Gasteiger partial charge in [-0.05, 0) is 35.9 Å². The Bertz CT molecular complexity index is 1150. The van der Waals surface area contributed by atoms with Crippen molar-refractivity contribution in [2.45, 2.75) is 19.9 Å². The first kappa shape index (κ1) is 22.7. The van der Waals surface area contributed by atoms with E-state index in [0.29, 0.717) is 21.7 Å². The number of nitrogens with zero attached hydrogens (tertiary/aromatic N) is 3. The van der Waals surface area contributed by atoms with E-state index >= 15 is 0 Å². The van der Waals surface area contributed by atoms with Crippen LogP contribution in [-0.4, -0.2) is 27.7 Å². The van der Waals surface area contributed by atoms with Crippen LogP contribution < -0.4 is 10.3 Å². The number of halogens is 1. The molecule has 0 amide bonds. The summed E-state index contributed by atoms with van der Waals surface area (Å²) >= 11 is 6.06. The number of carboxylic acids is 1. The van der Waals surface area contributed by atoms with Gasteiger partial charge < -0.3 is 9.84 Å². The van der Waals surface area contributed by atoms with Crippen LogP contribution >= 0.6 is 11.6 Å². The lowest BCUT2D eigenvalue weighted by Crippen LogP contribution is -2.31. The molecule has 0 fully saturated rings. The van der Waals surface area contributed by atoms with Gasteiger partial charge in [-0.1, -0.05) is 19.0 Å². The van der Waals surface area contributed by atoms with Gasteiger partial charge in [0, 0.05) is 41.0 Å². The van der Waals surface area contributed by atoms with E-state index in [2.05, 4.69) is 11.1 Å². The number of hydrogen-bond donors (Lipinski definition) is 1. The molecule has 1 unspecified atom stereocenters. The van der Waals surface area contributed by atoms with Crippen LogP contribution in [0.15, 0.2) is 59.8 Å². The summed E-state index contributed by atoms with van der Waals surface area (Å²) < 4.78 is 6.51. The Balaban J connectivity index is 0.00000320. The molecule has 3 rings (SSSR count). The minimum atomic E-state index is -1.15. The lowest BCUT2D eigenvalue weighted by Gasteiger charge is -2.19. The molecular formula is C22H20ClN3O4. The Morgan fingerprint density at radius 2 is 1.97 bits per heavy atom. The number of carbonyl (C=O) groups is 1. The van der Waals surface area contributed by atoms with Crippen molar-refractivity contribution in [3.63, 3.8) is 0 Å². The fourth-order valence-corrected chi connectivity index (χ4v) is 3.20. The van der Waals surface area contributed by atoms with Gasteiger partial charge in [-0.25, -0.2) is 4.79 Å². The highest BCUT2D eigenvalue weighted by atomic mass is 35.5. The Morgan fingerprint density at radius 1 is 1.27 bits per heavy atom. The SMILES string of the molecule is C.COc1cn(C(Cc2ccncc2)C(=O)O)c(=O)cc1-c1cc(Cl)ccc1C#N. The normalized spacial score (nSPS) is 11.1. The van der Waals surface area contributed by atoms with Gasteiger partial charge in [-0.15, -0.1) is 0 Å². The number of nitriles is 1. The summed E-state index contributed by atoms with van der Waals surface area (Å²) in [5, 5.41) is 19.5. The minimum Gasteiger partial charge on any atom is -0.495 e. The maximum atomic E-state index is 12.8. The highest BCUT2D eigenvalue weighted by Crippen LogP contribution is 2.33. The van der Waals surface area contributed by atoms with Gasteiger partial charge in [-0.2, -0.15) is 5.26 Å². The minimum absolute atomic E-state index is 0. The Kier molecular flexibility index (Phi) is 7.34. The first-order chi connectivity index (χ1) is 13.9. The number of carboxylic acid groups (broad SMARTS) is 1. The van der Waals surface area contributed by atoms with Crippen molar-refractivity contribution >= 4 is 17.6 Å². The average Bonchev–Trinajstić information content (AvgIpc) is 2.72. The summed E-state index contributed by atoms with van der Waals surface area (Å²) in [6, 6.07) is 10.2. The second-order valence-corrected chi connectivity index (χ2v) is 6.65. The standard InChI is InChI=1S/C21H16ClN3O4.CH4/c1-29-19-12-25(18(21(27)28)8-13-4-6-24-7-5-13)20(26)10-17(19)16-9-15(22)3-2-14(16)11-23;/h2-7,9-10,12,18H,8H2,1H3,(H,27,28);1H4. The summed E-state index contributed by atoms with van der Waals surface area (Å²) in [6.45, 7) is 0. The molecule has 0 bridgehead atoms. The lowest BCUT2D eigenvalue weighted by molar-refractivity contribution is -0.141. The van der Waals surface area contributed by atoms with E-state index < -0.39 is 17.6 Å². The van der Waals surface area contributed by atoms with Crippen molar-refractivity contribution in [1.29, 1.82) is 5.26 Å². The third-order valence-electron chi connectivity index (χ3n) is 4.46. The molecule has 0 spiro atoms. The van der Waals surface area contributed by atoms with Crippen LogP contribution in [0.1, 0.15) is 24.6 Å². The van der Waals surface area contributed by atoms with Crippen molar-refractivity contribution in [3.8, 4) is 22.9 Å². The summed E-state index contributed by atoms with van der Waals surface area (Å²) in [5.74, 6) is -0.900. The highest BCUT2D eigenvalue weighted by Gasteiger charge is 2.24. The molecule has 0 aliphatic heterocycles. The van der Waals surface area contributed by atoms with Gasteiger partial charge in [-0.3, -0.25) is 14.3 Å². The molecule has 0 aliphatic rings. The molecule has 30 heavy (non-hydrogen) atoms. The first-order valence-electron chi connectivity index (χ1n) is 8.56. The zero-order valence-electron chi connectivity index (χ0n) is 15.4. The zero-order chi connectivity index (χ0) is 21.0. The summed E-state index contributed by atoms with van der Waals surface area (Å²) in [5.41, 5.74) is 1.30. The van der Waals surface area contributed by atoms with E-state index in [1.165, 1.54) is 19.4 Å². The fraction of sp³-hybridized carbons (Fsp3) is 0.182. The van der Waals surface area contributed by atoms with Crippen LogP contribution in [0.25, 0.3) is 11.1 Å². The molecule has 0 radical (unpaired) electrons. The van der Waals surface area contributed by atoms with Crippen LogP contribution in [0.4, 0.5) is 0 Å². The molecule has 0 aliphatic carbocycles. The van der Waals surface area contributed by atoms with Crippen molar-refractivity contribution in [2.24, 2.45) is 0 Å². The predicted octanol–water partition coefficient (Wildman–Crippen LogP) is 3.95. The number of benzene rings is 1. The summed E-state index contributed by atoms with van der Waals surface area (Å²) in [6.07, 6.45) is 4.56. The van der Waals surface area contributed by atoms with Crippen LogP contribution in [0.3, 0.4) is 0 Å². The number of ether oxygens (including phenoxy) is 1. The second-order valence-electron chi connectivity index (χ2n) is 6.22. The molecule has 2 heterocycles.